The predicted octanol–water partition coefficient (Wildman–Crippen LogP) is 4.39. The van der Waals surface area contributed by atoms with Crippen molar-refractivity contribution in [3.05, 3.63) is 34.8 Å². The molecule has 3 heterocycles. The van der Waals surface area contributed by atoms with Crippen LogP contribution in [0.25, 0.3) is 0 Å². The van der Waals surface area contributed by atoms with Crippen LogP contribution in [0.15, 0.2) is 33.6 Å². The molecule has 0 radical (unpaired) electrons. The molecule has 0 saturated carbocycles. The Morgan fingerprint density at radius 2 is 2.27 bits per heavy atom. The van der Waals surface area contributed by atoms with Gasteiger partial charge in [-0.25, -0.2) is 4.98 Å². The van der Waals surface area contributed by atoms with Gasteiger partial charge in [0.05, 0.1) is 22.6 Å². The Labute approximate surface area is 167 Å². The van der Waals surface area contributed by atoms with E-state index in [2.05, 4.69) is 28.1 Å². The summed E-state index contributed by atoms with van der Waals surface area (Å²) in [6.07, 6.45) is 5.10. The smallest absolute Gasteiger partial charge is 0.154 e. The van der Waals surface area contributed by atoms with Gasteiger partial charge in [-0.1, -0.05) is 24.0 Å². The third-order valence-electron chi connectivity index (χ3n) is 5.09. The summed E-state index contributed by atoms with van der Waals surface area (Å²) in [5, 5.41) is 11.0. The Morgan fingerprint density at radius 3 is 3.08 bits per heavy atom. The van der Waals surface area contributed by atoms with E-state index >= 15 is 0 Å². The van der Waals surface area contributed by atoms with Crippen molar-refractivity contribution in [1.82, 2.24) is 4.98 Å². The van der Waals surface area contributed by atoms with E-state index in [1.165, 1.54) is 16.1 Å². The van der Waals surface area contributed by atoms with E-state index in [4.69, 9.17) is 17.0 Å². The zero-order valence-electron chi connectivity index (χ0n) is 14.9. The number of aryl methyl sites for hydroxylation is 1. The lowest BCUT2D eigenvalue weighted by Gasteiger charge is -2.34. The molecule has 1 aromatic heterocycles. The van der Waals surface area contributed by atoms with Gasteiger partial charge >= 0.3 is 0 Å². The number of rotatable bonds is 3. The summed E-state index contributed by atoms with van der Waals surface area (Å²) >= 11 is 8.65. The number of benzene rings is 1. The minimum Gasteiger partial charge on any atom is -0.384 e. The molecular formula is C19H22N2O2S3. The summed E-state index contributed by atoms with van der Waals surface area (Å²) < 4.78 is 6.54. The Balaban J connectivity index is 1.52. The van der Waals surface area contributed by atoms with Gasteiger partial charge in [-0.05, 0) is 37.1 Å². The molecule has 138 valence electrons. The molecule has 0 bridgehead atoms. The summed E-state index contributed by atoms with van der Waals surface area (Å²) in [6.45, 7) is 2.61. The zero-order chi connectivity index (χ0) is 18.3. The first-order valence-electron chi connectivity index (χ1n) is 8.82. The first-order valence-corrected chi connectivity index (χ1v) is 10.9. The highest BCUT2D eigenvalue weighted by Crippen LogP contribution is 2.41. The van der Waals surface area contributed by atoms with Gasteiger partial charge in [0.15, 0.2) is 4.34 Å². The molecule has 26 heavy (non-hydrogen) atoms. The molecule has 1 N–H and O–H groups in total. The van der Waals surface area contributed by atoms with E-state index in [0.717, 1.165) is 27.0 Å². The van der Waals surface area contributed by atoms with Crippen LogP contribution in [0, 0.1) is 0 Å². The van der Waals surface area contributed by atoms with Crippen LogP contribution in [0.5, 0.6) is 0 Å². The van der Waals surface area contributed by atoms with Crippen molar-refractivity contribution in [2.45, 2.75) is 53.5 Å². The van der Waals surface area contributed by atoms with Gasteiger partial charge in [-0.3, -0.25) is 0 Å². The monoisotopic (exact) mass is 406 g/mol. The van der Waals surface area contributed by atoms with E-state index < -0.39 is 5.60 Å². The quantitative estimate of drug-likeness (QED) is 0.763. The molecule has 1 saturated heterocycles. The Morgan fingerprint density at radius 1 is 1.42 bits per heavy atom. The van der Waals surface area contributed by atoms with Gasteiger partial charge in [0.2, 0.25) is 0 Å². The molecule has 0 spiro atoms. The summed E-state index contributed by atoms with van der Waals surface area (Å²) in [7, 11) is 2.04. The van der Waals surface area contributed by atoms with E-state index in [1.54, 1.807) is 23.1 Å². The largest absolute Gasteiger partial charge is 0.384 e. The number of thiocarbonyl (C=S) groups is 1. The van der Waals surface area contributed by atoms with Crippen molar-refractivity contribution in [3.8, 4) is 0 Å². The van der Waals surface area contributed by atoms with Crippen LogP contribution in [-0.2, 0) is 16.8 Å². The molecule has 0 aliphatic carbocycles. The first kappa shape index (κ1) is 18.4. The second-order valence-electron chi connectivity index (χ2n) is 7.00. The topological polar surface area (TPSA) is 45.6 Å². The van der Waals surface area contributed by atoms with Gasteiger partial charge in [-0.2, -0.15) is 0 Å². The average molecular weight is 407 g/mol. The fourth-order valence-electron chi connectivity index (χ4n) is 3.61. The molecule has 4 rings (SSSR count). The van der Waals surface area contributed by atoms with Crippen LogP contribution < -0.4 is 4.90 Å². The lowest BCUT2D eigenvalue weighted by Crippen LogP contribution is -2.36. The van der Waals surface area contributed by atoms with E-state index in [-0.39, 0.29) is 6.10 Å². The van der Waals surface area contributed by atoms with Crippen molar-refractivity contribution in [1.29, 1.82) is 0 Å². The number of nitrogens with zero attached hydrogens (tertiary/aromatic N) is 2. The normalized spacial score (nSPS) is 26.0. The minimum atomic E-state index is -0.803. The van der Waals surface area contributed by atoms with E-state index in [1.807, 2.05) is 20.2 Å². The Hall–Kier alpha value is -0.990. The van der Waals surface area contributed by atoms with E-state index in [9.17, 15) is 5.11 Å². The summed E-state index contributed by atoms with van der Waals surface area (Å²) in [5.74, 6) is 0. The maximum absolute atomic E-state index is 11.0. The van der Waals surface area contributed by atoms with Gasteiger partial charge in [-0.15, -0.1) is 11.3 Å². The summed E-state index contributed by atoms with van der Waals surface area (Å²) in [5.41, 5.74) is 1.73. The standard InChI is InChI=1S/C19H22N2O2S3/c1-12-10-19(22,7-8-23-12)16-11-20-18(26-16)25-14-4-5-15-13(9-14)3-6-17(24)21(15)2/h4-5,9,11-12,22H,3,6-8,10H2,1-2H3/t12-,19+/m0/s1. The Kier molecular flexibility index (Phi) is 5.09. The first-order chi connectivity index (χ1) is 12.4. The van der Waals surface area contributed by atoms with Crippen LogP contribution in [0.3, 0.4) is 0 Å². The summed E-state index contributed by atoms with van der Waals surface area (Å²) in [6, 6.07) is 6.51. The van der Waals surface area contributed by atoms with Gasteiger partial charge in [0.1, 0.15) is 5.60 Å². The van der Waals surface area contributed by atoms with Crippen LogP contribution >= 0.6 is 35.3 Å². The van der Waals surface area contributed by atoms with Crippen LogP contribution in [0.4, 0.5) is 5.69 Å². The van der Waals surface area contributed by atoms with Crippen LogP contribution in [-0.4, -0.2) is 34.8 Å². The highest BCUT2D eigenvalue weighted by molar-refractivity contribution is 8.01. The fourth-order valence-corrected chi connectivity index (χ4v) is 5.95. The lowest BCUT2D eigenvalue weighted by atomic mass is 9.90. The highest BCUT2D eigenvalue weighted by atomic mass is 32.2. The molecule has 0 amide bonds. The van der Waals surface area contributed by atoms with Crippen LogP contribution in [0.2, 0.25) is 0 Å². The van der Waals surface area contributed by atoms with Crippen molar-refractivity contribution in [2.75, 3.05) is 18.6 Å². The number of hydrogen-bond donors (Lipinski definition) is 1. The van der Waals surface area contributed by atoms with Crippen molar-refractivity contribution in [2.24, 2.45) is 0 Å². The third-order valence-corrected chi connectivity index (χ3v) is 7.82. The number of ether oxygens (including phenoxy) is 1. The average Bonchev–Trinajstić information content (AvgIpc) is 3.07. The highest BCUT2D eigenvalue weighted by Gasteiger charge is 2.36. The molecule has 2 aromatic rings. The Bertz CT molecular complexity index is 838. The van der Waals surface area contributed by atoms with Crippen molar-refractivity contribution in [3.63, 3.8) is 0 Å². The maximum atomic E-state index is 11.0. The number of thiazole rings is 1. The minimum absolute atomic E-state index is 0.0793. The molecule has 4 nitrogen and oxygen atoms in total. The van der Waals surface area contributed by atoms with Crippen molar-refractivity contribution >= 4 is 46.0 Å². The maximum Gasteiger partial charge on any atom is 0.154 e. The number of aliphatic hydroxyl groups is 1. The van der Waals surface area contributed by atoms with Gasteiger partial charge in [0, 0.05) is 43.1 Å². The van der Waals surface area contributed by atoms with E-state index in [0.29, 0.717) is 19.4 Å². The number of fused-ring (bicyclic) bond motifs is 1. The number of hydrogen-bond acceptors (Lipinski definition) is 6. The van der Waals surface area contributed by atoms with Crippen LogP contribution in [0.1, 0.15) is 36.6 Å². The zero-order valence-corrected chi connectivity index (χ0v) is 17.3. The predicted molar refractivity (Wildman–Crippen MR) is 111 cm³/mol. The summed E-state index contributed by atoms with van der Waals surface area (Å²) in [4.78, 5) is 9.77. The third kappa shape index (κ3) is 3.55. The molecule has 1 fully saturated rings. The number of aromatic nitrogens is 1. The molecule has 2 aliphatic heterocycles. The second-order valence-corrected chi connectivity index (χ2v) is 9.83. The van der Waals surface area contributed by atoms with Crippen molar-refractivity contribution < 1.29 is 9.84 Å². The molecule has 7 heteroatoms. The molecule has 2 aliphatic rings. The molecule has 0 unspecified atom stereocenters. The molecular weight excluding hydrogens is 384 g/mol. The SMILES string of the molecule is C[C@H]1C[C@@](O)(c2cnc(Sc3ccc4c(c3)CCC(=S)N4C)s2)CCO1. The molecule has 1 aromatic carbocycles. The second kappa shape index (κ2) is 7.20. The lowest BCUT2D eigenvalue weighted by molar-refractivity contribution is -0.0995. The fraction of sp³-hybridized carbons (Fsp3) is 0.474. The molecule has 2 atom stereocenters. The number of anilines is 1. The van der Waals surface area contributed by atoms with Gasteiger partial charge < -0.3 is 14.7 Å². The van der Waals surface area contributed by atoms with Gasteiger partial charge in [0.25, 0.3) is 0 Å².